The number of carbonyl (C=O) groups excluding carboxylic acids is 1. The topological polar surface area (TPSA) is 47.7 Å². The summed E-state index contributed by atoms with van der Waals surface area (Å²) in [5.41, 5.74) is 10.6. The summed E-state index contributed by atoms with van der Waals surface area (Å²) in [7, 11) is 0. The van der Waals surface area contributed by atoms with Gasteiger partial charge in [-0.25, -0.2) is 0 Å². The fourth-order valence-corrected chi connectivity index (χ4v) is 5.59. The van der Waals surface area contributed by atoms with Crippen molar-refractivity contribution in [1.82, 2.24) is 8.97 Å². The van der Waals surface area contributed by atoms with Crippen molar-refractivity contribution in [3.8, 4) is 28.1 Å². The highest BCUT2D eigenvalue weighted by molar-refractivity contribution is 6.10. The number of amides is 1. The number of benzene rings is 3. The van der Waals surface area contributed by atoms with E-state index in [2.05, 4.69) is 63.8 Å². The van der Waals surface area contributed by atoms with Gasteiger partial charge < -0.3 is 14.6 Å². The normalized spacial score (nSPS) is 12.9. The van der Waals surface area contributed by atoms with Gasteiger partial charge in [-0.1, -0.05) is 59.7 Å². The maximum atomic E-state index is 14.0. The molecular weight excluding hydrogens is 470 g/mol. The average Bonchev–Trinajstić information content (AvgIpc) is 3.34. The van der Waals surface area contributed by atoms with Gasteiger partial charge in [0.2, 0.25) is 0 Å². The zero-order valence-corrected chi connectivity index (χ0v) is 22.3. The van der Waals surface area contributed by atoms with Crippen LogP contribution in [0.15, 0.2) is 79.0 Å². The molecule has 0 fully saturated rings. The third-order valence-electron chi connectivity index (χ3n) is 7.46. The standard InChI is InChI=1S/C33H33N3O2/c1-4-38-27-18-14-25(15-19-27)30-28-7-5-6-20-35-29(24-12-8-22(2)9-13-24)21-36(33(28)35)31(30)32(37)34-26-16-10-23(3)11-17-26/h8-19,21H,4-7,20H2,1-3H3,(H,34,37). The van der Waals surface area contributed by atoms with Crippen molar-refractivity contribution in [2.75, 3.05) is 11.9 Å². The second-order valence-electron chi connectivity index (χ2n) is 10.2. The Balaban J connectivity index is 1.57. The lowest BCUT2D eigenvalue weighted by Crippen LogP contribution is -2.15. The molecule has 5 aromatic rings. The predicted octanol–water partition coefficient (Wildman–Crippen LogP) is 7.68. The minimum Gasteiger partial charge on any atom is -0.494 e. The van der Waals surface area contributed by atoms with E-state index in [1.54, 1.807) is 0 Å². The van der Waals surface area contributed by atoms with Gasteiger partial charge in [-0.3, -0.25) is 9.20 Å². The quantitative estimate of drug-likeness (QED) is 0.258. The second kappa shape index (κ2) is 9.90. The summed E-state index contributed by atoms with van der Waals surface area (Å²) >= 11 is 0. The van der Waals surface area contributed by atoms with Crippen LogP contribution < -0.4 is 10.1 Å². The highest BCUT2D eigenvalue weighted by Crippen LogP contribution is 2.40. The predicted molar refractivity (Wildman–Crippen MR) is 154 cm³/mol. The zero-order chi connectivity index (χ0) is 26.2. The first-order valence-electron chi connectivity index (χ1n) is 13.5. The van der Waals surface area contributed by atoms with Crippen LogP contribution in [-0.2, 0) is 13.0 Å². The van der Waals surface area contributed by atoms with E-state index in [9.17, 15) is 4.79 Å². The van der Waals surface area contributed by atoms with Crippen molar-refractivity contribution < 1.29 is 9.53 Å². The summed E-state index contributed by atoms with van der Waals surface area (Å²) in [6.45, 7) is 7.69. The van der Waals surface area contributed by atoms with Gasteiger partial charge in [-0.05, 0) is 75.4 Å². The fourth-order valence-electron chi connectivity index (χ4n) is 5.59. The third kappa shape index (κ3) is 4.28. The Hall–Kier alpha value is -4.25. The van der Waals surface area contributed by atoms with Crippen molar-refractivity contribution in [1.29, 1.82) is 0 Å². The first-order chi connectivity index (χ1) is 18.5. The molecule has 0 aliphatic carbocycles. The molecule has 0 saturated carbocycles. The highest BCUT2D eigenvalue weighted by atomic mass is 16.5. The van der Waals surface area contributed by atoms with Gasteiger partial charge in [0.15, 0.2) is 0 Å². The Bertz CT molecular complexity index is 1600. The maximum absolute atomic E-state index is 14.0. The minimum atomic E-state index is -0.104. The zero-order valence-electron chi connectivity index (χ0n) is 22.3. The van der Waals surface area contributed by atoms with Crippen molar-refractivity contribution in [3.05, 3.63) is 101 Å². The number of aromatic nitrogens is 2. The van der Waals surface area contributed by atoms with E-state index < -0.39 is 0 Å². The SMILES string of the molecule is CCOc1ccc(-c2c3c4n(c(-c5ccc(C)cc5)cn4c2C(=O)Nc2ccc(C)cc2)CCCC3)cc1. The molecule has 5 heteroatoms. The summed E-state index contributed by atoms with van der Waals surface area (Å²) < 4.78 is 10.2. The molecule has 0 bridgehead atoms. The van der Waals surface area contributed by atoms with E-state index in [4.69, 9.17) is 4.74 Å². The average molecular weight is 504 g/mol. The third-order valence-corrected chi connectivity index (χ3v) is 7.46. The monoisotopic (exact) mass is 503 g/mol. The van der Waals surface area contributed by atoms with E-state index in [-0.39, 0.29) is 5.91 Å². The Morgan fingerprint density at radius 1 is 0.868 bits per heavy atom. The van der Waals surface area contributed by atoms with Crippen LogP contribution >= 0.6 is 0 Å². The summed E-state index contributed by atoms with van der Waals surface area (Å²) in [5.74, 6) is 0.731. The first kappa shape index (κ1) is 24.1. The van der Waals surface area contributed by atoms with Crippen molar-refractivity contribution in [2.45, 2.75) is 46.6 Å². The van der Waals surface area contributed by atoms with Gasteiger partial charge in [0, 0.05) is 29.6 Å². The molecule has 6 rings (SSSR count). The number of anilines is 1. The van der Waals surface area contributed by atoms with Crippen molar-refractivity contribution in [3.63, 3.8) is 0 Å². The molecule has 0 atom stereocenters. The molecule has 1 N–H and O–H groups in total. The molecule has 38 heavy (non-hydrogen) atoms. The van der Waals surface area contributed by atoms with Crippen molar-refractivity contribution >= 4 is 17.2 Å². The van der Waals surface area contributed by atoms with E-state index in [1.165, 1.54) is 16.7 Å². The number of aryl methyl sites for hydroxylation is 4. The molecule has 0 radical (unpaired) electrons. The van der Waals surface area contributed by atoms with E-state index in [1.807, 2.05) is 50.2 Å². The summed E-state index contributed by atoms with van der Waals surface area (Å²) in [6.07, 6.45) is 5.27. The van der Waals surface area contributed by atoms with Gasteiger partial charge in [0.05, 0.1) is 12.3 Å². The van der Waals surface area contributed by atoms with E-state index >= 15 is 0 Å². The smallest absolute Gasteiger partial charge is 0.273 e. The molecular formula is C33H33N3O2. The number of ether oxygens (including phenoxy) is 1. The Morgan fingerprint density at radius 3 is 2.21 bits per heavy atom. The summed E-state index contributed by atoms with van der Waals surface area (Å²) in [6, 6.07) is 24.8. The molecule has 0 saturated heterocycles. The number of nitrogens with zero attached hydrogens (tertiary/aromatic N) is 2. The number of hydrogen-bond acceptors (Lipinski definition) is 2. The molecule has 0 spiro atoms. The van der Waals surface area contributed by atoms with Crippen LogP contribution in [0.2, 0.25) is 0 Å². The molecule has 192 valence electrons. The summed E-state index contributed by atoms with van der Waals surface area (Å²) in [5, 5.41) is 3.18. The number of nitrogens with one attached hydrogen (secondary N) is 1. The number of carbonyl (C=O) groups is 1. The molecule has 1 aliphatic heterocycles. The molecule has 3 aromatic carbocycles. The molecule has 3 heterocycles. The summed E-state index contributed by atoms with van der Waals surface area (Å²) in [4.78, 5) is 14.0. The number of imidazole rings is 1. The molecule has 5 nitrogen and oxygen atoms in total. The number of rotatable bonds is 6. The Morgan fingerprint density at radius 2 is 1.53 bits per heavy atom. The van der Waals surface area contributed by atoms with Gasteiger partial charge in [-0.2, -0.15) is 0 Å². The van der Waals surface area contributed by atoms with Crippen LogP contribution in [0.4, 0.5) is 5.69 Å². The van der Waals surface area contributed by atoms with Crippen LogP contribution in [0.5, 0.6) is 5.75 Å². The first-order valence-corrected chi connectivity index (χ1v) is 13.5. The van der Waals surface area contributed by atoms with E-state index in [0.717, 1.165) is 65.3 Å². The maximum Gasteiger partial charge on any atom is 0.273 e. The lowest BCUT2D eigenvalue weighted by atomic mass is 9.97. The number of hydrogen-bond donors (Lipinski definition) is 1. The fraction of sp³-hybridized carbons (Fsp3) is 0.242. The van der Waals surface area contributed by atoms with Crippen LogP contribution in [0.25, 0.3) is 28.0 Å². The van der Waals surface area contributed by atoms with Crippen LogP contribution in [0.1, 0.15) is 46.9 Å². The van der Waals surface area contributed by atoms with Gasteiger partial charge in [-0.15, -0.1) is 0 Å². The highest BCUT2D eigenvalue weighted by Gasteiger charge is 2.29. The van der Waals surface area contributed by atoms with Gasteiger partial charge in [0.25, 0.3) is 5.91 Å². The largest absolute Gasteiger partial charge is 0.494 e. The van der Waals surface area contributed by atoms with E-state index in [0.29, 0.717) is 12.3 Å². The van der Waals surface area contributed by atoms with Crippen LogP contribution in [0, 0.1) is 13.8 Å². The molecule has 1 aliphatic rings. The molecule has 0 unspecified atom stereocenters. The molecule has 1 amide bonds. The van der Waals surface area contributed by atoms with Gasteiger partial charge >= 0.3 is 0 Å². The molecule has 2 aromatic heterocycles. The van der Waals surface area contributed by atoms with Crippen LogP contribution in [-0.4, -0.2) is 21.5 Å². The minimum absolute atomic E-state index is 0.104. The Kier molecular flexibility index (Phi) is 6.28. The van der Waals surface area contributed by atoms with Gasteiger partial charge in [0.1, 0.15) is 17.1 Å². The lowest BCUT2D eigenvalue weighted by Gasteiger charge is -2.11. The van der Waals surface area contributed by atoms with Crippen LogP contribution in [0.3, 0.4) is 0 Å². The lowest BCUT2D eigenvalue weighted by molar-refractivity contribution is 0.102. The Labute approximate surface area is 223 Å². The second-order valence-corrected chi connectivity index (χ2v) is 10.2. The van der Waals surface area contributed by atoms with Crippen molar-refractivity contribution in [2.24, 2.45) is 0 Å².